The number of ether oxygens (including phenoxy) is 2. The topological polar surface area (TPSA) is 265 Å². The van der Waals surface area contributed by atoms with Crippen molar-refractivity contribution in [3.63, 3.8) is 0 Å². The zero-order valence-electron chi connectivity index (χ0n) is 43.0. The van der Waals surface area contributed by atoms with Gasteiger partial charge in [0.1, 0.15) is 34.3 Å². The number of nitrogens with zero attached hydrogens (tertiary/aromatic N) is 7. The van der Waals surface area contributed by atoms with E-state index in [1.165, 1.54) is 38.7 Å². The number of nitrogens with two attached hydrogens (primary N) is 3. The quantitative estimate of drug-likeness (QED) is 0.0158. The van der Waals surface area contributed by atoms with Crippen LogP contribution in [0.4, 0.5) is 41.1 Å². The van der Waals surface area contributed by atoms with Crippen molar-refractivity contribution in [1.29, 1.82) is 0 Å². The molecule has 3 heterocycles. The predicted octanol–water partition coefficient (Wildman–Crippen LogP) is 2.69. The fourth-order valence-electron chi connectivity index (χ4n) is 8.18. The molecular formula is C48H66Cl2F4IN12NaO7. The van der Waals surface area contributed by atoms with E-state index in [0.717, 1.165) is 103 Å². The number of likely N-dealkylation sites (N-methyl/N-ethyl adjacent to an activating group) is 1. The third-order valence-electron chi connectivity index (χ3n) is 12.3. The molecule has 19 nitrogen and oxygen atoms in total. The Hall–Kier alpha value is -3.96. The summed E-state index contributed by atoms with van der Waals surface area (Å²) in [5.74, 6) is -5.04. The van der Waals surface area contributed by atoms with Crippen LogP contribution in [0, 0.1) is 23.3 Å². The van der Waals surface area contributed by atoms with Gasteiger partial charge in [-0.05, 0) is 94.7 Å². The van der Waals surface area contributed by atoms with Crippen LogP contribution in [-0.2, 0) is 9.68 Å². The third kappa shape index (κ3) is 20.7. The first-order valence-corrected chi connectivity index (χ1v) is 26.7. The minimum atomic E-state index is -1.31. The van der Waals surface area contributed by atoms with Gasteiger partial charge in [0.15, 0.2) is 23.3 Å². The summed E-state index contributed by atoms with van der Waals surface area (Å²) < 4.78 is 65.7. The van der Waals surface area contributed by atoms with Crippen LogP contribution >= 0.6 is 45.8 Å². The Labute approximate surface area is 481 Å². The standard InChI is InChI=1S/C23H30F2N6O2.C18H21F2N5O2.C5H11Cl2N.CH3I.CH2O3.Na/c1-30-9-11-31(12-10-30)15-5-3-14(4-6-15)28-23-27-13-16(22(26)29-23)21(32)19-18(33-2)8-7-17(24)20(19)25;1-27-13-7-6-12(19)15(20)14(13)16(26)11-8-23-18(25-17(11)22)24-10-4-2-9(21)3-5-10;1-8(4-2-6)5-3-7;1-2;2-1-4-3;/h7-8,13-15H,3-6,9-12H2,1-2H3,(H3,26,27,28,29);6-10H,2-5,21H2,1H3,(H3,22,23,24,25);2-5H2,1H3;1H3;1,3H;/q;;;;;+1/p-1. The molecule has 0 spiro atoms. The number of hydrogen-bond acceptors (Lipinski definition) is 19. The van der Waals surface area contributed by atoms with Crippen LogP contribution in [0.3, 0.4) is 0 Å². The summed E-state index contributed by atoms with van der Waals surface area (Å²) in [6.07, 6.45) is 10.2. The molecule has 8 N–H and O–H groups in total. The number of halogens is 7. The average molecular weight is 1220 g/mol. The number of benzene rings is 2. The maximum absolute atomic E-state index is 14.3. The molecule has 0 atom stereocenters. The van der Waals surface area contributed by atoms with Gasteiger partial charge < -0.3 is 57.3 Å². The Morgan fingerprint density at radius 1 is 0.760 bits per heavy atom. The van der Waals surface area contributed by atoms with Crippen molar-refractivity contribution in [3.05, 3.63) is 82.2 Å². The van der Waals surface area contributed by atoms with Gasteiger partial charge in [0, 0.05) is 87.6 Å². The monoisotopic (exact) mass is 1220 g/mol. The zero-order valence-corrected chi connectivity index (χ0v) is 48.7. The van der Waals surface area contributed by atoms with Crippen molar-refractivity contribution in [1.82, 2.24) is 34.6 Å². The fourth-order valence-corrected chi connectivity index (χ4v) is 8.76. The molecule has 3 aliphatic rings. The molecule has 0 bridgehead atoms. The minimum Gasteiger partial charge on any atom is -0.662 e. The number of piperazine rings is 1. The van der Waals surface area contributed by atoms with E-state index >= 15 is 0 Å². The number of rotatable bonds is 16. The molecule has 27 heteroatoms. The van der Waals surface area contributed by atoms with Crippen molar-refractivity contribution in [2.45, 2.75) is 75.5 Å². The normalized spacial score (nSPS) is 18.3. The number of nitrogen functional groups attached to an aromatic ring is 2. The van der Waals surface area contributed by atoms with E-state index in [4.69, 9.17) is 59.9 Å². The maximum Gasteiger partial charge on any atom is 1.00 e. The summed E-state index contributed by atoms with van der Waals surface area (Å²) in [6, 6.07) is 5.36. The molecule has 4 aromatic rings. The number of ketones is 2. The first-order chi connectivity index (χ1) is 35.5. The van der Waals surface area contributed by atoms with E-state index in [1.807, 2.05) is 12.0 Å². The second kappa shape index (κ2) is 35.5. The zero-order chi connectivity index (χ0) is 54.9. The van der Waals surface area contributed by atoms with E-state index in [1.54, 1.807) is 0 Å². The molecule has 2 aromatic heterocycles. The van der Waals surface area contributed by atoms with Gasteiger partial charge in [-0.25, -0.2) is 27.5 Å². The smallest absolute Gasteiger partial charge is 0.662 e. The van der Waals surface area contributed by atoms with Crippen molar-refractivity contribution in [2.24, 2.45) is 5.73 Å². The largest absolute Gasteiger partial charge is 1.00 e. The molecule has 0 amide bonds. The summed E-state index contributed by atoms with van der Waals surface area (Å²) in [5, 5.41) is 14.9. The molecule has 7 rings (SSSR count). The number of hydrogen-bond donors (Lipinski definition) is 5. The van der Waals surface area contributed by atoms with Crippen molar-refractivity contribution < 1.29 is 81.1 Å². The van der Waals surface area contributed by atoms with Crippen LogP contribution in [-0.4, -0.2) is 161 Å². The van der Waals surface area contributed by atoms with Gasteiger partial charge in [0.25, 0.3) is 6.47 Å². The summed E-state index contributed by atoms with van der Waals surface area (Å²) in [6.45, 7) is 6.13. The molecular weight excluding hydrogens is 1150 g/mol. The Kier molecular flexibility index (Phi) is 31.7. The Balaban J connectivity index is 0.000000411. The molecule has 0 radical (unpaired) electrons. The number of anilines is 4. The van der Waals surface area contributed by atoms with Gasteiger partial charge in [-0.3, -0.25) is 19.3 Å². The molecule has 75 heavy (non-hydrogen) atoms. The van der Waals surface area contributed by atoms with Crippen LogP contribution in [0.25, 0.3) is 0 Å². The van der Waals surface area contributed by atoms with Crippen molar-refractivity contribution in [3.8, 4) is 11.5 Å². The van der Waals surface area contributed by atoms with Crippen LogP contribution < -0.4 is 72.1 Å². The van der Waals surface area contributed by atoms with E-state index in [2.05, 4.69) is 79.8 Å². The van der Waals surface area contributed by atoms with Crippen LogP contribution in [0.2, 0.25) is 0 Å². The summed E-state index contributed by atoms with van der Waals surface area (Å²) in [4.78, 5) is 62.4. The summed E-state index contributed by atoms with van der Waals surface area (Å²) in [5.41, 5.74) is 16.4. The van der Waals surface area contributed by atoms with Crippen molar-refractivity contribution in [2.75, 3.05) is 106 Å². The maximum atomic E-state index is 14.3. The molecule has 3 fully saturated rings. The number of carbonyl (C=O) groups excluding carboxylic acids is 3. The van der Waals surface area contributed by atoms with Crippen LogP contribution in [0.15, 0.2) is 36.7 Å². The van der Waals surface area contributed by atoms with Crippen molar-refractivity contribution >= 4 is 87.4 Å². The second-order valence-corrected chi connectivity index (χ2v) is 17.9. The van der Waals surface area contributed by atoms with Gasteiger partial charge in [0.2, 0.25) is 23.5 Å². The predicted molar refractivity (Wildman–Crippen MR) is 284 cm³/mol. The van der Waals surface area contributed by atoms with Crippen LogP contribution in [0.1, 0.15) is 83.2 Å². The number of alkyl halides is 3. The first kappa shape index (κ1) is 67.2. The molecule has 410 valence electrons. The molecule has 2 aliphatic carbocycles. The molecule has 2 aromatic carbocycles. The minimum absolute atomic E-state index is 0. The van der Waals surface area contributed by atoms with Gasteiger partial charge in [0.05, 0.1) is 25.3 Å². The number of methoxy groups -OCH3 is 2. The first-order valence-electron chi connectivity index (χ1n) is 23.5. The van der Waals surface area contributed by atoms with E-state index in [9.17, 15) is 27.2 Å². The van der Waals surface area contributed by atoms with E-state index in [-0.39, 0.29) is 94.4 Å². The second-order valence-electron chi connectivity index (χ2n) is 17.1. The third-order valence-corrected chi connectivity index (χ3v) is 12.6. The Morgan fingerprint density at radius 3 is 1.49 bits per heavy atom. The molecule has 1 saturated heterocycles. The average Bonchev–Trinajstić information content (AvgIpc) is 3.40. The van der Waals surface area contributed by atoms with Gasteiger partial charge in [-0.15, -0.1) is 23.2 Å². The SMILES string of the molecule is CI.CN(CCCl)CCCl.COc1ccc(F)c(F)c1C(=O)c1cnc(NC2CCC(N)CC2)nc1N.COc1ccc(F)c(F)c1C(=O)c1cnc(NC2CCC(N3CCN(C)CC3)CC2)nc1N.O=CO[O-].[Na+]. The van der Waals surface area contributed by atoms with Crippen LogP contribution in [0.5, 0.6) is 11.5 Å². The fraction of sp³-hybridized carbons (Fsp3) is 0.521. The Bertz CT molecular complexity index is 2390. The number of aromatic nitrogens is 4. The van der Waals surface area contributed by atoms with Gasteiger partial charge >= 0.3 is 29.6 Å². The Morgan fingerprint density at radius 2 is 1.15 bits per heavy atom. The summed E-state index contributed by atoms with van der Waals surface area (Å²) >= 11 is 13.0. The van der Waals surface area contributed by atoms with Gasteiger partial charge in [-0.2, -0.15) is 9.97 Å². The molecule has 0 unspecified atom stereocenters. The van der Waals surface area contributed by atoms with Gasteiger partial charge in [-0.1, -0.05) is 22.6 Å². The summed E-state index contributed by atoms with van der Waals surface area (Å²) in [7, 11) is 6.69. The molecule has 1 aliphatic heterocycles. The van der Waals surface area contributed by atoms with E-state index in [0.29, 0.717) is 23.8 Å². The number of carbonyl (C=O) groups is 3. The van der Waals surface area contributed by atoms with E-state index < -0.39 is 46.0 Å². The number of nitrogens with one attached hydrogen (secondary N) is 2. The molecule has 2 saturated carbocycles.